The van der Waals surface area contributed by atoms with Crippen molar-refractivity contribution in [3.63, 3.8) is 0 Å². The Morgan fingerprint density at radius 1 is 1.13 bits per heavy atom. The standard InChI is InChI=1S/C13H13NO/c15-12-6-5-9-3-1-2-4-10(9)13(12)11-7-8-14-11/h1-6,11,14-15H,7-8H2/t11-/m1/s1. The van der Waals surface area contributed by atoms with Gasteiger partial charge in [0.25, 0.3) is 0 Å². The lowest BCUT2D eigenvalue weighted by Crippen LogP contribution is -2.35. The molecule has 15 heavy (non-hydrogen) atoms. The minimum atomic E-state index is 0.330. The van der Waals surface area contributed by atoms with Gasteiger partial charge in [0, 0.05) is 11.6 Å². The van der Waals surface area contributed by atoms with Crippen molar-refractivity contribution >= 4 is 10.8 Å². The summed E-state index contributed by atoms with van der Waals surface area (Å²) in [5.41, 5.74) is 1.05. The Hall–Kier alpha value is -1.54. The highest BCUT2D eigenvalue weighted by Gasteiger charge is 2.23. The zero-order valence-electron chi connectivity index (χ0n) is 8.40. The third-order valence-corrected chi connectivity index (χ3v) is 3.12. The monoisotopic (exact) mass is 199 g/mol. The van der Waals surface area contributed by atoms with Crippen molar-refractivity contribution < 1.29 is 5.11 Å². The molecule has 0 spiro atoms. The molecule has 1 heterocycles. The topological polar surface area (TPSA) is 32.3 Å². The minimum Gasteiger partial charge on any atom is -0.508 e. The zero-order valence-corrected chi connectivity index (χ0v) is 8.40. The first-order valence-electron chi connectivity index (χ1n) is 5.30. The molecule has 2 nitrogen and oxygen atoms in total. The van der Waals surface area contributed by atoms with Crippen LogP contribution < -0.4 is 5.32 Å². The van der Waals surface area contributed by atoms with Crippen molar-refractivity contribution in [3.05, 3.63) is 42.0 Å². The van der Waals surface area contributed by atoms with E-state index in [0.29, 0.717) is 11.8 Å². The maximum Gasteiger partial charge on any atom is 0.120 e. The first kappa shape index (κ1) is 8.74. The van der Waals surface area contributed by atoms with Gasteiger partial charge in [-0.25, -0.2) is 0 Å². The summed E-state index contributed by atoms with van der Waals surface area (Å²) in [4.78, 5) is 0. The second-order valence-electron chi connectivity index (χ2n) is 4.01. The lowest BCUT2D eigenvalue weighted by molar-refractivity contribution is 0.367. The lowest BCUT2D eigenvalue weighted by Gasteiger charge is -2.29. The van der Waals surface area contributed by atoms with Crippen molar-refractivity contribution in [2.75, 3.05) is 6.54 Å². The van der Waals surface area contributed by atoms with Gasteiger partial charge >= 0.3 is 0 Å². The third kappa shape index (κ3) is 1.29. The molecule has 2 heteroatoms. The number of aromatic hydroxyl groups is 1. The van der Waals surface area contributed by atoms with Gasteiger partial charge in [-0.3, -0.25) is 0 Å². The number of hydrogen-bond donors (Lipinski definition) is 2. The van der Waals surface area contributed by atoms with Gasteiger partial charge in [0.15, 0.2) is 0 Å². The number of benzene rings is 2. The van der Waals surface area contributed by atoms with Crippen molar-refractivity contribution in [1.82, 2.24) is 5.32 Å². The van der Waals surface area contributed by atoms with Crippen molar-refractivity contribution in [1.29, 1.82) is 0 Å². The number of rotatable bonds is 1. The second-order valence-corrected chi connectivity index (χ2v) is 4.01. The number of phenols is 1. The van der Waals surface area contributed by atoms with Crippen molar-refractivity contribution in [3.8, 4) is 5.75 Å². The van der Waals surface area contributed by atoms with Crippen LogP contribution >= 0.6 is 0 Å². The summed E-state index contributed by atoms with van der Waals surface area (Å²) in [5, 5.41) is 15.6. The van der Waals surface area contributed by atoms with E-state index in [0.717, 1.165) is 23.9 Å². The van der Waals surface area contributed by atoms with Crippen LogP contribution in [0.2, 0.25) is 0 Å². The SMILES string of the molecule is Oc1ccc2ccccc2c1[C@H]1CCN1. The quantitative estimate of drug-likeness (QED) is 0.739. The Bertz CT molecular complexity index is 503. The van der Waals surface area contributed by atoms with Crippen LogP contribution in [-0.4, -0.2) is 11.7 Å². The van der Waals surface area contributed by atoms with Gasteiger partial charge in [0.05, 0.1) is 0 Å². The van der Waals surface area contributed by atoms with Gasteiger partial charge in [-0.05, 0) is 29.8 Å². The Balaban J connectivity index is 2.27. The maximum absolute atomic E-state index is 9.90. The lowest BCUT2D eigenvalue weighted by atomic mass is 9.92. The molecule has 1 aliphatic heterocycles. The highest BCUT2D eigenvalue weighted by molar-refractivity contribution is 5.88. The molecule has 1 saturated heterocycles. The fraction of sp³-hybridized carbons (Fsp3) is 0.231. The Labute approximate surface area is 88.5 Å². The predicted molar refractivity (Wildman–Crippen MR) is 61.0 cm³/mol. The van der Waals surface area contributed by atoms with Gasteiger partial charge in [-0.1, -0.05) is 30.3 Å². The van der Waals surface area contributed by atoms with E-state index in [1.165, 1.54) is 5.39 Å². The van der Waals surface area contributed by atoms with Crippen LogP contribution in [0.1, 0.15) is 18.0 Å². The molecule has 0 radical (unpaired) electrons. The molecule has 1 aliphatic rings. The zero-order chi connectivity index (χ0) is 10.3. The summed E-state index contributed by atoms with van der Waals surface area (Å²) < 4.78 is 0. The molecule has 3 rings (SSSR count). The fourth-order valence-corrected chi connectivity index (χ4v) is 2.19. The Morgan fingerprint density at radius 3 is 2.67 bits per heavy atom. The van der Waals surface area contributed by atoms with E-state index < -0.39 is 0 Å². The summed E-state index contributed by atoms with van der Waals surface area (Å²) in [7, 11) is 0. The average molecular weight is 199 g/mol. The number of nitrogens with one attached hydrogen (secondary N) is 1. The van der Waals surface area contributed by atoms with Crippen LogP contribution in [0.3, 0.4) is 0 Å². The number of hydrogen-bond acceptors (Lipinski definition) is 2. The molecule has 0 unspecified atom stereocenters. The average Bonchev–Trinajstić information content (AvgIpc) is 2.20. The van der Waals surface area contributed by atoms with Crippen LogP contribution in [0, 0.1) is 0 Å². The van der Waals surface area contributed by atoms with E-state index >= 15 is 0 Å². The molecule has 2 aromatic rings. The number of phenolic OH excluding ortho intramolecular Hbond substituents is 1. The van der Waals surface area contributed by atoms with Gasteiger partial charge in [-0.15, -0.1) is 0 Å². The van der Waals surface area contributed by atoms with E-state index in [9.17, 15) is 5.11 Å². The second kappa shape index (κ2) is 3.24. The molecule has 2 aromatic carbocycles. The maximum atomic E-state index is 9.90. The van der Waals surface area contributed by atoms with Crippen molar-refractivity contribution in [2.24, 2.45) is 0 Å². The molecule has 0 saturated carbocycles. The Morgan fingerprint density at radius 2 is 1.93 bits per heavy atom. The van der Waals surface area contributed by atoms with E-state index in [4.69, 9.17) is 0 Å². The summed E-state index contributed by atoms with van der Waals surface area (Å²) in [6, 6.07) is 12.3. The number of fused-ring (bicyclic) bond motifs is 1. The van der Waals surface area contributed by atoms with E-state index in [-0.39, 0.29) is 0 Å². The highest BCUT2D eigenvalue weighted by Crippen LogP contribution is 2.36. The van der Waals surface area contributed by atoms with Crippen LogP contribution in [-0.2, 0) is 0 Å². The summed E-state index contributed by atoms with van der Waals surface area (Å²) in [6.45, 7) is 1.05. The van der Waals surface area contributed by atoms with Gasteiger partial charge in [-0.2, -0.15) is 0 Å². The molecule has 0 amide bonds. The predicted octanol–water partition coefficient (Wildman–Crippen LogP) is 2.58. The minimum absolute atomic E-state index is 0.330. The first-order valence-corrected chi connectivity index (χ1v) is 5.30. The summed E-state index contributed by atoms with van der Waals surface area (Å²) in [6.07, 6.45) is 1.11. The molecular formula is C13H13NO. The summed E-state index contributed by atoms with van der Waals surface area (Å²) in [5.74, 6) is 0.408. The van der Waals surface area contributed by atoms with Gasteiger partial charge in [0.2, 0.25) is 0 Å². The Kier molecular flexibility index (Phi) is 1.89. The largest absolute Gasteiger partial charge is 0.508 e. The molecular weight excluding hydrogens is 186 g/mol. The molecule has 0 aliphatic carbocycles. The first-order chi connectivity index (χ1) is 7.36. The molecule has 0 bridgehead atoms. The highest BCUT2D eigenvalue weighted by atomic mass is 16.3. The van der Waals surface area contributed by atoms with Gasteiger partial charge in [0.1, 0.15) is 5.75 Å². The van der Waals surface area contributed by atoms with E-state index in [2.05, 4.69) is 17.4 Å². The molecule has 0 aromatic heterocycles. The van der Waals surface area contributed by atoms with Crippen LogP contribution in [0.25, 0.3) is 10.8 Å². The van der Waals surface area contributed by atoms with E-state index in [1.54, 1.807) is 6.07 Å². The fourth-order valence-electron chi connectivity index (χ4n) is 2.19. The summed E-state index contributed by atoms with van der Waals surface area (Å²) >= 11 is 0. The van der Waals surface area contributed by atoms with Crippen molar-refractivity contribution in [2.45, 2.75) is 12.5 Å². The normalized spacial score (nSPS) is 20.1. The molecule has 1 atom stereocenters. The molecule has 1 fully saturated rings. The molecule has 76 valence electrons. The van der Waals surface area contributed by atoms with Gasteiger partial charge < -0.3 is 10.4 Å². The van der Waals surface area contributed by atoms with E-state index in [1.807, 2.05) is 18.2 Å². The van der Waals surface area contributed by atoms with Crippen LogP contribution in [0.5, 0.6) is 5.75 Å². The van der Waals surface area contributed by atoms with Crippen LogP contribution in [0.4, 0.5) is 0 Å². The smallest absolute Gasteiger partial charge is 0.120 e. The third-order valence-electron chi connectivity index (χ3n) is 3.12. The molecule has 2 N–H and O–H groups in total. The van der Waals surface area contributed by atoms with Crippen LogP contribution in [0.15, 0.2) is 36.4 Å².